The summed E-state index contributed by atoms with van der Waals surface area (Å²) in [4.78, 5) is 23.6. The van der Waals surface area contributed by atoms with Gasteiger partial charge < -0.3 is 4.74 Å². The van der Waals surface area contributed by atoms with Gasteiger partial charge >= 0.3 is 5.97 Å². The molecule has 2 aromatic rings. The summed E-state index contributed by atoms with van der Waals surface area (Å²) in [5, 5.41) is 0. The Balaban J connectivity index is 1.85. The largest absolute Gasteiger partial charge is 0.457 e. The third kappa shape index (κ3) is 4.67. The number of ether oxygens (including phenoxy) is 1. The molecule has 0 bridgehead atoms. The van der Waals surface area contributed by atoms with Gasteiger partial charge in [-0.1, -0.05) is 65.0 Å². The maximum absolute atomic E-state index is 11.9. The minimum absolute atomic E-state index is 0.144. The van der Waals surface area contributed by atoms with Crippen molar-refractivity contribution in [3.05, 3.63) is 76.3 Å². The Hall–Kier alpha value is -2.20. The van der Waals surface area contributed by atoms with Crippen LogP contribution in [0.15, 0.2) is 59.6 Å². The van der Waals surface area contributed by atoms with E-state index in [4.69, 9.17) is 4.74 Å². The molecule has 0 aliphatic heterocycles. The number of halogens is 1. The van der Waals surface area contributed by atoms with Gasteiger partial charge in [0.15, 0.2) is 12.4 Å². The van der Waals surface area contributed by atoms with Crippen LogP contribution in [0.5, 0.6) is 0 Å². The van der Waals surface area contributed by atoms with Crippen molar-refractivity contribution in [1.29, 1.82) is 0 Å². The van der Waals surface area contributed by atoms with E-state index < -0.39 is 5.97 Å². The van der Waals surface area contributed by atoms with Crippen molar-refractivity contribution in [2.24, 2.45) is 0 Å². The van der Waals surface area contributed by atoms with E-state index in [1.54, 1.807) is 30.3 Å². The molecule has 0 N–H and O–H groups in total. The van der Waals surface area contributed by atoms with Crippen molar-refractivity contribution >= 4 is 33.8 Å². The fraction of sp³-hybridized carbons (Fsp3) is 0.111. The molecule has 0 saturated heterocycles. The lowest BCUT2D eigenvalue weighted by molar-refractivity contribution is -0.141. The highest BCUT2D eigenvalue weighted by atomic mass is 79.9. The number of ketones is 1. The number of esters is 1. The van der Waals surface area contributed by atoms with E-state index in [1.807, 2.05) is 24.3 Å². The number of hydrogen-bond donors (Lipinski definition) is 0. The van der Waals surface area contributed by atoms with E-state index in [1.165, 1.54) is 0 Å². The number of carbonyl (C=O) groups is 2. The number of Topliss-reactive ketones (excluding diaryl/α,β-unsaturated/α-hetero) is 1. The van der Waals surface area contributed by atoms with Crippen LogP contribution in [-0.4, -0.2) is 18.4 Å². The third-order valence-corrected chi connectivity index (χ3v) is 3.62. The molecule has 4 heteroatoms. The lowest BCUT2D eigenvalue weighted by atomic mass is 10.1. The molecule has 2 aromatic carbocycles. The summed E-state index contributed by atoms with van der Waals surface area (Å²) < 4.78 is 5.92. The van der Waals surface area contributed by atoms with E-state index >= 15 is 0 Å². The van der Waals surface area contributed by atoms with Crippen molar-refractivity contribution in [3.8, 4) is 0 Å². The van der Waals surface area contributed by atoms with E-state index in [9.17, 15) is 9.59 Å². The van der Waals surface area contributed by atoms with E-state index in [0.29, 0.717) is 5.56 Å². The first-order chi connectivity index (χ1) is 10.6. The van der Waals surface area contributed by atoms with Gasteiger partial charge in [0.1, 0.15) is 0 Å². The highest BCUT2D eigenvalue weighted by Crippen LogP contribution is 2.11. The Bertz CT molecular complexity index is 672. The zero-order chi connectivity index (χ0) is 15.9. The number of benzene rings is 2. The maximum atomic E-state index is 11.9. The molecule has 22 heavy (non-hydrogen) atoms. The molecule has 0 aliphatic carbocycles. The molecule has 0 aromatic heterocycles. The summed E-state index contributed by atoms with van der Waals surface area (Å²) >= 11 is 3.30. The van der Waals surface area contributed by atoms with Gasteiger partial charge in [0, 0.05) is 10.0 Å². The summed E-state index contributed by atoms with van der Waals surface area (Å²) in [5.41, 5.74) is 2.35. The van der Waals surface area contributed by atoms with Crippen LogP contribution < -0.4 is 0 Å². The summed E-state index contributed by atoms with van der Waals surface area (Å²) in [6, 6.07) is 14.4. The minimum Gasteiger partial charge on any atom is -0.457 e. The summed E-state index contributed by atoms with van der Waals surface area (Å²) in [6.45, 7) is 3.43. The highest BCUT2D eigenvalue weighted by Gasteiger charge is 2.10. The second kappa shape index (κ2) is 7.71. The first-order valence-electron chi connectivity index (χ1n) is 6.74. The Morgan fingerprint density at radius 2 is 1.68 bits per heavy atom. The minimum atomic E-state index is -0.420. The van der Waals surface area contributed by atoms with Gasteiger partial charge in [-0.15, -0.1) is 0 Å². The molecule has 0 atom stereocenters. The summed E-state index contributed by atoms with van der Waals surface area (Å²) in [6.07, 6.45) is 1.88. The number of hydrogen-bond acceptors (Lipinski definition) is 3. The fourth-order valence-corrected chi connectivity index (χ4v) is 2.12. The lowest BCUT2D eigenvalue weighted by Gasteiger charge is -2.05. The van der Waals surface area contributed by atoms with Gasteiger partial charge in [0.25, 0.3) is 0 Å². The standard InChI is InChI=1S/C18H15BrO3/c1-2-13-3-5-14(6-4-13)11-18(21)22-12-17(20)15-7-9-16(19)10-8-15/h2-10H,1,11-12H2. The van der Waals surface area contributed by atoms with Gasteiger partial charge in [-0.2, -0.15) is 0 Å². The molecule has 0 saturated carbocycles. The smallest absolute Gasteiger partial charge is 0.310 e. The first-order valence-corrected chi connectivity index (χ1v) is 7.53. The first kappa shape index (κ1) is 16.2. The van der Waals surface area contributed by atoms with Crippen molar-refractivity contribution in [2.75, 3.05) is 6.61 Å². The topological polar surface area (TPSA) is 43.4 Å². The van der Waals surface area contributed by atoms with E-state index in [-0.39, 0.29) is 18.8 Å². The molecule has 2 rings (SSSR count). The van der Waals surface area contributed by atoms with Crippen molar-refractivity contribution in [3.63, 3.8) is 0 Å². The van der Waals surface area contributed by atoms with Gasteiger partial charge in [-0.05, 0) is 23.3 Å². The molecule has 112 valence electrons. The monoisotopic (exact) mass is 358 g/mol. The zero-order valence-electron chi connectivity index (χ0n) is 11.9. The molecule has 0 unspecified atom stereocenters. The second-order valence-electron chi connectivity index (χ2n) is 4.71. The van der Waals surface area contributed by atoms with Gasteiger partial charge in [-0.25, -0.2) is 0 Å². The van der Waals surface area contributed by atoms with E-state index in [0.717, 1.165) is 15.6 Å². The highest BCUT2D eigenvalue weighted by molar-refractivity contribution is 9.10. The average Bonchev–Trinajstić information content (AvgIpc) is 2.54. The Labute approximate surface area is 137 Å². The van der Waals surface area contributed by atoms with Crippen LogP contribution in [0.25, 0.3) is 6.08 Å². The van der Waals surface area contributed by atoms with Gasteiger partial charge in [0.2, 0.25) is 0 Å². The Morgan fingerprint density at radius 3 is 2.27 bits per heavy atom. The molecule has 0 radical (unpaired) electrons. The van der Waals surface area contributed by atoms with Crippen LogP contribution >= 0.6 is 15.9 Å². The van der Waals surface area contributed by atoms with E-state index in [2.05, 4.69) is 22.5 Å². The number of rotatable bonds is 6. The number of carbonyl (C=O) groups excluding carboxylic acids is 2. The lowest BCUT2D eigenvalue weighted by Crippen LogP contribution is -2.15. The second-order valence-corrected chi connectivity index (χ2v) is 5.63. The van der Waals surface area contributed by atoms with Crippen molar-refractivity contribution < 1.29 is 14.3 Å². The molecular weight excluding hydrogens is 344 g/mol. The molecular formula is C18H15BrO3. The quantitative estimate of drug-likeness (QED) is 0.577. The SMILES string of the molecule is C=Cc1ccc(CC(=O)OCC(=O)c2ccc(Br)cc2)cc1. The molecule has 0 spiro atoms. The third-order valence-electron chi connectivity index (χ3n) is 3.09. The van der Waals surface area contributed by atoms with Crippen molar-refractivity contribution in [2.45, 2.75) is 6.42 Å². The van der Waals surface area contributed by atoms with Crippen LogP contribution in [-0.2, 0) is 16.0 Å². The van der Waals surface area contributed by atoms with Crippen LogP contribution in [0.2, 0.25) is 0 Å². The van der Waals surface area contributed by atoms with Crippen molar-refractivity contribution in [1.82, 2.24) is 0 Å². The molecule has 3 nitrogen and oxygen atoms in total. The maximum Gasteiger partial charge on any atom is 0.310 e. The van der Waals surface area contributed by atoms with Crippen LogP contribution in [0.1, 0.15) is 21.5 Å². The fourth-order valence-electron chi connectivity index (χ4n) is 1.85. The predicted octanol–water partition coefficient (Wildman–Crippen LogP) is 4.06. The van der Waals surface area contributed by atoms with Crippen LogP contribution in [0.4, 0.5) is 0 Å². The van der Waals surface area contributed by atoms with Gasteiger partial charge in [-0.3, -0.25) is 9.59 Å². The zero-order valence-corrected chi connectivity index (χ0v) is 13.5. The Morgan fingerprint density at radius 1 is 1.05 bits per heavy atom. The van der Waals surface area contributed by atoms with Crippen LogP contribution in [0.3, 0.4) is 0 Å². The molecule has 0 aliphatic rings. The van der Waals surface area contributed by atoms with Gasteiger partial charge in [0.05, 0.1) is 6.42 Å². The van der Waals surface area contributed by atoms with Crippen LogP contribution in [0, 0.1) is 0 Å². The summed E-state index contributed by atoms with van der Waals surface area (Å²) in [5.74, 6) is -0.639. The molecule has 0 amide bonds. The molecule has 0 fully saturated rings. The molecule has 0 heterocycles. The normalized spacial score (nSPS) is 10.0. The Kier molecular flexibility index (Phi) is 5.67. The predicted molar refractivity (Wildman–Crippen MR) is 89.7 cm³/mol. The average molecular weight is 359 g/mol. The summed E-state index contributed by atoms with van der Waals surface area (Å²) in [7, 11) is 0.